The van der Waals surface area contributed by atoms with Crippen LogP contribution >= 0.6 is 0 Å². The van der Waals surface area contributed by atoms with Crippen LogP contribution < -0.4 is 10.5 Å². The van der Waals surface area contributed by atoms with Crippen LogP contribution in [-0.2, 0) is 21.2 Å². The van der Waals surface area contributed by atoms with Gasteiger partial charge < -0.3 is 15.5 Å². The number of urea groups is 1. The Hall–Kier alpha value is -4.22. The van der Waals surface area contributed by atoms with Gasteiger partial charge in [0.15, 0.2) is 0 Å². The lowest BCUT2D eigenvalue weighted by Gasteiger charge is -2.30. The first kappa shape index (κ1) is 28.9. The van der Waals surface area contributed by atoms with Crippen LogP contribution in [0.5, 0.6) is 11.5 Å². The molecule has 224 valence electrons. The van der Waals surface area contributed by atoms with E-state index in [9.17, 15) is 22.4 Å². The molecule has 2 aliphatic rings. The largest absolute Gasteiger partial charge is 0.457 e. The molecule has 11 heteroatoms. The van der Waals surface area contributed by atoms with E-state index < -0.39 is 33.8 Å². The number of amides is 3. The van der Waals surface area contributed by atoms with Crippen molar-refractivity contribution in [3.05, 3.63) is 90.4 Å². The number of carbonyl (C=O) groups excluding carboxylic acids is 2. The molecule has 3 amide bonds. The van der Waals surface area contributed by atoms with Crippen molar-refractivity contribution in [1.29, 1.82) is 0 Å². The van der Waals surface area contributed by atoms with Gasteiger partial charge >= 0.3 is 6.03 Å². The Morgan fingerprint density at radius 1 is 0.930 bits per heavy atom. The molecule has 3 unspecified atom stereocenters. The third kappa shape index (κ3) is 5.74. The number of fused-ring (bicyclic) bond motifs is 1. The molecule has 43 heavy (non-hydrogen) atoms. The van der Waals surface area contributed by atoms with Crippen molar-refractivity contribution in [1.82, 2.24) is 14.2 Å². The Bertz CT molecular complexity index is 1740. The Morgan fingerprint density at radius 2 is 1.60 bits per heavy atom. The van der Waals surface area contributed by atoms with E-state index in [1.165, 1.54) is 48.5 Å². The fourth-order valence-corrected chi connectivity index (χ4v) is 7.73. The highest BCUT2D eigenvalue weighted by Gasteiger charge is 2.52. The summed E-state index contributed by atoms with van der Waals surface area (Å²) in [5.41, 5.74) is 7.51. The van der Waals surface area contributed by atoms with E-state index in [0.717, 1.165) is 51.4 Å². The van der Waals surface area contributed by atoms with E-state index in [0.29, 0.717) is 24.0 Å². The first-order valence-corrected chi connectivity index (χ1v) is 15.9. The minimum atomic E-state index is -4.42. The number of carbonyl (C=O) groups is 2. The lowest BCUT2D eigenvalue weighted by Crippen LogP contribution is -2.41. The summed E-state index contributed by atoms with van der Waals surface area (Å²) in [6.45, 7) is 0.706. The zero-order valence-electron chi connectivity index (χ0n) is 23.5. The zero-order chi connectivity index (χ0) is 30.1. The van der Waals surface area contributed by atoms with Gasteiger partial charge in [0.1, 0.15) is 23.4 Å². The molecular formula is C32H33FN4O5S. The average molecular weight is 605 g/mol. The van der Waals surface area contributed by atoms with Crippen molar-refractivity contribution >= 4 is 32.9 Å². The van der Waals surface area contributed by atoms with Crippen LogP contribution in [0.25, 0.3) is 10.9 Å². The van der Waals surface area contributed by atoms with Crippen LogP contribution in [0, 0.1) is 17.7 Å². The second-order valence-corrected chi connectivity index (χ2v) is 13.1. The van der Waals surface area contributed by atoms with E-state index in [1.54, 1.807) is 6.20 Å². The molecule has 3 N–H and O–H groups in total. The number of ether oxygens (including phenoxy) is 1. The minimum Gasteiger partial charge on any atom is -0.457 e. The number of aromatic amines is 1. The number of nitrogens with zero attached hydrogens (tertiary/aromatic N) is 2. The molecule has 0 spiro atoms. The van der Waals surface area contributed by atoms with Crippen molar-refractivity contribution in [3.63, 3.8) is 0 Å². The fraction of sp³-hybridized carbons (Fsp3) is 0.312. The van der Waals surface area contributed by atoms with Gasteiger partial charge in [-0.25, -0.2) is 21.9 Å². The Morgan fingerprint density at radius 3 is 2.33 bits per heavy atom. The van der Waals surface area contributed by atoms with Gasteiger partial charge in [-0.3, -0.25) is 9.69 Å². The number of hydrogen-bond donors (Lipinski definition) is 2. The molecule has 1 saturated carbocycles. The van der Waals surface area contributed by atoms with E-state index in [1.807, 2.05) is 24.3 Å². The molecule has 6 rings (SSSR count). The van der Waals surface area contributed by atoms with Crippen LogP contribution in [0.2, 0.25) is 0 Å². The summed E-state index contributed by atoms with van der Waals surface area (Å²) in [7, 11) is -4.42. The molecule has 2 heterocycles. The summed E-state index contributed by atoms with van der Waals surface area (Å²) < 4.78 is 47.8. The van der Waals surface area contributed by atoms with Gasteiger partial charge in [0.25, 0.3) is 15.9 Å². The molecule has 0 bridgehead atoms. The first-order valence-electron chi connectivity index (χ1n) is 14.4. The Balaban J connectivity index is 1.30. The van der Waals surface area contributed by atoms with Crippen LogP contribution in [0.15, 0.2) is 83.9 Å². The highest BCUT2D eigenvalue weighted by molar-refractivity contribution is 7.89. The van der Waals surface area contributed by atoms with E-state index >= 15 is 0 Å². The van der Waals surface area contributed by atoms with Crippen molar-refractivity contribution in [2.24, 2.45) is 17.6 Å². The minimum absolute atomic E-state index is 0.0339. The molecule has 1 aliphatic carbocycles. The predicted octanol–water partition coefficient (Wildman–Crippen LogP) is 5.43. The molecular weight excluding hydrogens is 571 g/mol. The summed E-state index contributed by atoms with van der Waals surface area (Å²) in [5, 5.41) is 0.860. The summed E-state index contributed by atoms with van der Waals surface area (Å²) in [4.78, 5) is 31.9. The normalized spacial score (nSPS) is 21.1. The number of hydrogen-bond acceptors (Lipinski definition) is 6. The second-order valence-electron chi connectivity index (χ2n) is 11.3. The van der Waals surface area contributed by atoms with E-state index in [2.05, 4.69) is 4.98 Å². The maximum absolute atomic E-state index is 14.1. The fourth-order valence-electron chi connectivity index (χ4n) is 6.22. The van der Waals surface area contributed by atoms with Crippen LogP contribution in [0.1, 0.15) is 31.2 Å². The SMILES string of the molecule is NCC1CCCC(CN2C(=O)C(Cc3c[nH]c4ccccc34)N(S(=O)(=O)c3ccc(Oc4ccc(F)cc4)cc3)C2=O)C1. The monoisotopic (exact) mass is 604 g/mol. The third-order valence-electron chi connectivity index (χ3n) is 8.44. The van der Waals surface area contributed by atoms with Crippen molar-refractivity contribution in [2.45, 2.75) is 43.0 Å². The summed E-state index contributed by atoms with van der Waals surface area (Å²) in [6.07, 6.45) is 5.40. The standard InChI is InChI=1S/C32H33FN4O5S/c33-24-8-10-25(11-9-24)42-26-12-14-27(15-13-26)43(40,41)37-30(17-23-19-35-29-7-2-1-6-28(23)29)31(38)36(32(37)39)20-22-5-3-4-21(16-22)18-34/h1-2,6-15,19,21-22,30,35H,3-5,16-18,20,34H2. The molecule has 9 nitrogen and oxygen atoms in total. The smallest absolute Gasteiger partial charge is 0.341 e. The third-order valence-corrected chi connectivity index (χ3v) is 10.2. The number of para-hydroxylation sites is 1. The quantitative estimate of drug-likeness (QED) is 0.246. The summed E-state index contributed by atoms with van der Waals surface area (Å²) in [5.74, 6) is 0.172. The summed E-state index contributed by atoms with van der Waals surface area (Å²) in [6, 6.07) is 16.5. The number of benzene rings is 3. The van der Waals surface area contributed by atoms with Crippen LogP contribution in [0.3, 0.4) is 0 Å². The Kier molecular flexibility index (Phi) is 7.93. The molecule has 1 aliphatic heterocycles. The molecule has 1 saturated heterocycles. The van der Waals surface area contributed by atoms with Crippen molar-refractivity contribution in [3.8, 4) is 11.5 Å². The number of rotatable bonds is 9. The summed E-state index contributed by atoms with van der Waals surface area (Å²) >= 11 is 0. The van der Waals surface area contributed by atoms with Gasteiger partial charge in [-0.1, -0.05) is 24.6 Å². The van der Waals surface area contributed by atoms with Crippen LogP contribution in [-0.4, -0.2) is 53.7 Å². The number of nitrogens with two attached hydrogens (primary N) is 1. The van der Waals surface area contributed by atoms with Gasteiger partial charge in [-0.2, -0.15) is 0 Å². The van der Waals surface area contributed by atoms with Gasteiger partial charge in [0.2, 0.25) is 0 Å². The average Bonchev–Trinajstić information content (AvgIpc) is 3.53. The highest BCUT2D eigenvalue weighted by atomic mass is 32.2. The predicted molar refractivity (Wildman–Crippen MR) is 159 cm³/mol. The second kappa shape index (κ2) is 11.8. The number of halogens is 1. The lowest BCUT2D eigenvalue weighted by atomic mass is 9.81. The number of H-pyrrole nitrogens is 1. The Labute approximate surface area is 249 Å². The van der Waals surface area contributed by atoms with E-state index in [-0.39, 0.29) is 23.8 Å². The number of sulfonamides is 1. The molecule has 4 aromatic rings. The molecule has 3 atom stereocenters. The topological polar surface area (TPSA) is 126 Å². The van der Waals surface area contributed by atoms with E-state index in [4.69, 9.17) is 10.5 Å². The number of aromatic nitrogens is 1. The maximum Gasteiger partial charge on any atom is 0.341 e. The van der Waals surface area contributed by atoms with Gasteiger partial charge in [0, 0.05) is 30.1 Å². The number of nitrogens with one attached hydrogen (secondary N) is 1. The molecule has 0 radical (unpaired) electrons. The number of imide groups is 1. The van der Waals surface area contributed by atoms with Crippen molar-refractivity contribution in [2.75, 3.05) is 13.1 Å². The molecule has 1 aromatic heterocycles. The van der Waals surface area contributed by atoms with Crippen LogP contribution in [0.4, 0.5) is 9.18 Å². The molecule has 3 aromatic carbocycles. The van der Waals surface area contributed by atoms with Gasteiger partial charge in [-0.15, -0.1) is 0 Å². The lowest BCUT2D eigenvalue weighted by molar-refractivity contribution is -0.128. The van der Waals surface area contributed by atoms with Crippen molar-refractivity contribution < 1.29 is 27.1 Å². The van der Waals surface area contributed by atoms with Gasteiger partial charge in [0.05, 0.1) is 4.90 Å². The molecule has 2 fully saturated rings. The first-order chi connectivity index (χ1) is 20.7. The maximum atomic E-state index is 14.1. The van der Waals surface area contributed by atoms with Gasteiger partial charge in [-0.05, 0) is 97.8 Å². The highest BCUT2D eigenvalue weighted by Crippen LogP contribution is 2.35. The zero-order valence-corrected chi connectivity index (χ0v) is 24.3.